The van der Waals surface area contributed by atoms with E-state index in [0.29, 0.717) is 11.2 Å². The van der Waals surface area contributed by atoms with Gasteiger partial charge in [0.2, 0.25) is 5.62 Å². The second-order valence-electron chi connectivity index (χ2n) is 14.2. The zero-order chi connectivity index (χ0) is 36.2. The zero-order valence-electron chi connectivity index (χ0n) is 29.3. The van der Waals surface area contributed by atoms with Gasteiger partial charge >= 0.3 is 0 Å². The molecule has 0 aliphatic heterocycles. The summed E-state index contributed by atoms with van der Waals surface area (Å²) < 4.78 is 8.57. The molecule has 2 N–H and O–H groups in total. The van der Waals surface area contributed by atoms with E-state index in [1.54, 1.807) is 0 Å². The van der Waals surface area contributed by atoms with Gasteiger partial charge in [-0.2, -0.15) is 4.99 Å². The molecule has 0 bridgehead atoms. The third kappa shape index (κ3) is 4.27. The maximum absolute atomic E-state index is 9.32. The number of benzene rings is 8. The number of rotatable bonds is 3. The number of hydrogen-bond donors (Lipinski definition) is 2. The minimum absolute atomic E-state index is 0.114. The number of aromatic amines is 1. The molecule has 0 atom stereocenters. The number of nitrogens with zero attached hydrogens (tertiary/aromatic N) is 3. The molecule has 6 heteroatoms. The fourth-order valence-electron chi connectivity index (χ4n) is 8.91. The summed E-state index contributed by atoms with van der Waals surface area (Å²) in [6.07, 6.45) is 0. The molecule has 0 saturated heterocycles. The van der Waals surface area contributed by atoms with Gasteiger partial charge in [-0.1, -0.05) is 121 Å². The van der Waals surface area contributed by atoms with E-state index in [2.05, 4.69) is 113 Å². The summed E-state index contributed by atoms with van der Waals surface area (Å²) in [6, 6.07) is 56.9. The molecule has 3 heterocycles. The fourth-order valence-corrected chi connectivity index (χ4v) is 8.91. The molecule has 55 heavy (non-hydrogen) atoms. The summed E-state index contributed by atoms with van der Waals surface area (Å²) in [5.74, 6) is 0.114. The van der Waals surface area contributed by atoms with Gasteiger partial charge in [0.25, 0.3) is 0 Å². The first-order valence-corrected chi connectivity index (χ1v) is 18.4. The van der Waals surface area contributed by atoms with E-state index in [4.69, 9.17) is 14.4 Å². The molecule has 8 aromatic carbocycles. The van der Waals surface area contributed by atoms with Gasteiger partial charge in [0.1, 0.15) is 11.2 Å². The van der Waals surface area contributed by atoms with Crippen LogP contribution in [0.5, 0.6) is 0 Å². The molecular formula is C49H29N5O. The zero-order valence-corrected chi connectivity index (χ0v) is 29.3. The number of para-hydroxylation sites is 2. The topological polar surface area (TPSA) is 83.0 Å². The predicted octanol–water partition coefficient (Wildman–Crippen LogP) is 12.0. The lowest BCUT2D eigenvalue weighted by molar-refractivity contribution is 0.669. The Hall–Kier alpha value is -7.57. The van der Waals surface area contributed by atoms with E-state index in [9.17, 15) is 5.41 Å². The Kier molecular flexibility index (Phi) is 6.11. The average molecular weight is 704 g/mol. The molecule has 1 aliphatic rings. The van der Waals surface area contributed by atoms with Gasteiger partial charge in [-0.15, -0.1) is 0 Å². The number of hydrogen-bond acceptors (Lipinski definition) is 3. The van der Waals surface area contributed by atoms with Gasteiger partial charge < -0.3 is 14.0 Å². The summed E-state index contributed by atoms with van der Waals surface area (Å²) in [7, 11) is 0. The van der Waals surface area contributed by atoms with Crippen molar-refractivity contribution in [1.29, 1.82) is 5.41 Å². The van der Waals surface area contributed by atoms with Crippen LogP contribution in [0.4, 0.5) is 0 Å². The molecule has 0 fully saturated rings. The highest BCUT2D eigenvalue weighted by Gasteiger charge is 2.24. The second-order valence-corrected chi connectivity index (χ2v) is 14.2. The predicted molar refractivity (Wildman–Crippen MR) is 224 cm³/mol. The van der Waals surface area contributed by atoms with Crippen LogP contribution in [0.2, 0.25) is 0 Å². The SMILES string of the molecule is N=C(N=c1nc(-c2cccc3oc4ccccc4c23)c2ccccc2[nH]1)c1cccc(-n2c3cccc4c3c3c5c(cccc5ccc32)-c2ccccc2-4)c1. The number of aromatic nitrogens is 3. The smallest absolute Gasteiger partial charge is 0.229 e. The molecule has 0 spiro atoms. The highest BCUT2D eigenvalue weighted by atomic mass is 16.3. The van der Waals surface area contributed by atoms with Crippen LogP contribution in [-0.2, 0) is 0 Å². The van der Waals surface area contributed by atoms with Crippen molar-refractivity contribution < 1.29 is 4.42 Å². The number of H-pyrrole nitrogens is 1. The van der Waals surface area contributed by atoms with Crippen molar-refractivity contribution in [2.75, 3.05) is 0 Å². The molecule has 11 aromatic rings. The van der Waals surface area contributed by atoms with Crippen LogP contribution in [0.3, 0.4) is 0 Å². The summed E-state index contributed by atoms with van der Waals surface area (Å²) in [5, 5.41) is 17.3. The number of fused-ring (bicyclic) bond motifs is 7. The van der Waals surface area contributed by atoms with E-state index in [-0.39, 0.29) is 5.84 Å². The normalized spacial score (nSPS) is 12.5. The van der Waals surface area contributed by atoms with E-state index in [1.165, 1.54) is 43.8 Å². The molecule has 0 amide bonds. The first kappa shape index (κ1) is 29.9. The highest BCUT2D eigenvalue weighted by Crippen LogP contribution is 2.49. The quantitative estimate of drug-likeness (QED) is 0.142. The van der Waals surface area contributed by atoms with Crippen molar-refractivity contribution in [3.8, 4) is 39.2 Å². The molecule has 256 valence electrons. The van der Waals surface area contributed by atoms with Crippen LogP contribution in [0, 0.1) is 5.41 Å². The Morgan fingerprint density at radius 2 is 1.22 bits per heavy atom. The molecule has 0 radical (unpaired) electrons. The van der Waals surface area contributed by atoms with Gasteiger partial charge in [0.05, 0.1) is 22.2 Å². The van der Waals surface area contributed by atoms with Gasteiger partial charge in [-0.3, -0.25) is 5.41 Å². The minimum atomic E-state index is 0.114. The summed E-state index contributed by atoms with van der Waals surface area (Å²) in [6.45, 7) is 0. The van der Waals surface area contributed by atoms with Crippen molar-refractivity contribution in [3.05, 3.63) is 175 Å². The van der Waals surface area contributed by atoms with Crippen molar-refractivity contribution in [2.45, 2.75) is 0 Å². The van der Waals surface area contributed by atoms with E-state index in [1.807, 2.05) is 60.7 Å². The Labute approximate surface area is 313 Å². The lowest BCUT2D eigenvalue weighted by atomic mass is 9.93. The largest absolute Gasteiger partial charge is 0.456 e. The van der Waals surface area contributed by atoms with Crippen molar-refractivity contribution in [1.82, 2.24) is 14.5 Å². The molecular weight excluding hydrogens is 675 g/mol. The Balaban J connectivity index is 1.04. The molecule has 12 rings (SSSR count). The van der Waals surface area contributed by atoms with Gasteiger partial charge in [0.15, 0.2) is 5.84 Å². The molecule has 1 aliphatic carbocycles. The van der Waals surface area contributed by atoms with Crippen molar-refractivity contribution >= 4 is 71.3 Å². The Morgan fingerprint density at radius 3 is 2.11 bits per heavy atom. The molecule has 0 unspecified atom stereocenters. The average Bonchev–Trinajstić information content (AvgIpc) is 3.75. The Morgan fingerprint density at radius 1 is 0.545 bits per heavy atom. The molecule has 3 aromatic heterocycles. The molecule has 0 saturated carbocycles. The Bertz CT molecular complexity index is 3530. The van der Waals surface area contributed by atoms with Crippen LogP contribution >= 0.6 is 0 Å². The first-order valence-electron chi connectivity index (χ1n) is 18.4. The first-order chi connectivity index (χ1) is 27.2. The number of amidine groups is 1. The van der Waals surface area contributed by atoms with Crippen LogP contribution in [0.25, 0.3) is 105 Å². The third-order valence-electron chi connectivity index (χ3n) is 11.2. The summed E-state index contributed by atoms with van der Waals surface area (Å²) >= 11 is 0. The van der Waals surface area contributed by atoms with Crippen molar-refractivity contribution in [3.63, 3.8) is 0 Å². The number of nitrogens with one attached hydrogen (secondary N) is 2. The summed E-state index contributed by atoms with van der Waals surface area (Å²) in [5.41, 5.74) is 13.5. The lowest BCUT2D eigenvalue weighted by Crippen LogP contribution is -2.17. The maximum Gasteiger partial charge on any atom is 0.229 e. The number of furan rings is 1. The van der Waals surface area contributed by atoms with E-state index < -0.39 is 0 Å². The van der Waals surface area contributed by atoms with Crippen LogP contribution in [0.1, 0.15) is 5.56 Å². The van der Waals surface area contributed by atoms with Gasteiger partial charge in [-0.05, 0) is 75.5 Å². The van der Waals surface area contributed by atoms with Crippen molar-refractivity contribution in [2.24, 2.45) is 4.99 Å². The molecule has 6 nitrogen and oxygen atoms in total. The second kappa shape index (κ2) is 11.2. The van der Waals surface area contributed by atoms with E-state index >= 15 is 0 Å². The standard InChI is InChI=1S/C49H29N5O/c50-48(53-49-51-38-21-5-3-16-35(38)47(52-49)37-20-10-24-42-44(37)36-17-4-6-23-41(36)55-42)29-12-7-13-30(27-29)54-39-22-9-19-34-32-15-2-1-14-31(32)33-18-8-11-28-25-26-40(54)46(43(28)33)45(34)39/h1-27H,(H2,50,51,52,53). The van der Waals surface area contributed by atoms with Gasteiger partial charge in [0, 0.05) is 43.7 Å². The highest BCUT2D eigenvalue weighted by molar-refractivity contribution is 6.30. The fraction of sp³-hybridized carbons (Fsp3) is 0. The monoisotopic (exact) mass is 703 g/mol. The van der Waals surface area contributed by atoms with E-state index in [0.717, 1.165) is 60.8 Å². The van der Waals surface area contributed by atoms with Crippen LogP contribution in [-0.4, -0.2) is 20.4 Å². The van der Waals surface area contributed by atoms with Gasteiger partial charge in [-0.25, -0.2) is 4.98 Å². The third-order valence-corrected chi connectivity index (χ3v) is 11.2. The minimum Gasteiger partial charge on any atom is -0.456 e. The van der Waals surface area contributed by atoms with Crippen LogP contribution < -0.4 is 5.62 Å². The lowest BCUT2D eigenvalue weighted by Gasteiger charge is -2.14. The maximum atomic E-state index is 9.32. The van der Waals surface area contributed by atoms with Crippen LogP contribution in [0.15, 0.2) is 173 Å². The summed E-state index contributed by atoms with van der Waals surface area (Å²) in [4.78, 5) is 13.3.